The van der Waals surface area contributed by atoms with Crippen molar-refractivity contribution in [3.63, 3.8) is 0 Å². The minimum atomic E-state index is -4.52. The van der Waals surface area contributed by atoms with Crippen molar-refractivity contribution in [2.24, 2.45) is 10.9 Å². The lowest BCUT2D eigenvalue weighted by molar-refractivity contribution is 0.0601. The number of sulfonamides is 1. The Hall–Kier alpha value is -2.27. The van der Waals surface area contributed by atoms with E-state index in [1.165, 1.54) is 6.07 Å². The van der Waals surface area contributed by atoms with Crippen LogP contribution >= 0.6 is 23.2 Å². The van der Waals surface area contributed by atoms with Crippen LogP contribution in [-0.2, 0) is 21.2 Å². The minimum Gasteiger partial charge on any atom is -0.465 e. The highest BCUT2D eigenvalue weighted by Gasteiger charge is 2.30. The summed E-state index contributed by atoms with van der Waals surface area (Å²) in [5.74, 6) is -1.93. The smallest absolute Gasteiger partial charge is 0.338 e. The molecule has 150 valence electrons. The molecular formula is C16H16Cl2N4O5S. The molecule has 0 aliphatic heterocycles. The highest BCUT2D eigenvalue weighted by Crippen LogP contribution is 2.33. The summed E-state index contributed by atoms with van der Waals surface area (Å²) in [4.78, 5) is 31.6. The van der Waals surface area contributed by atoms with Gasteiger partial charge in [0.15, 0.2) is 5.82 Å². The molecule has 0 unspecified atom stereocenters. The Balaban J connectivity index is 3.01. The Morgan fingerprint density at radius 1 is 1.21 bits per heavy atom. The maximum Gasteiger partial charge on any atom is 0.338 e. The molecule has 0 aliphatic carbocycles. The van der Waals surface area contributed by atoms with E-state index >= 15 is 0 Å². The summed E-state index contributed by atoms with van der Waals surface area (Å²) < 4.78 is 29.2. The summed E-state index contributed by atoms with van der Waals surface area (Å²) in [6, 6.07) is 2.24. The average Bonchev–Trinajstić information content (AvgIpc) is 2.61. The second-order valence-corrected chi connectivity index (χ2v) is 7.84. The van der Waals surface area contributed by atoms with Crippen molar-refractivity contribution >= 4 is 45.1 Å². The van der Waals surface area contributed by atoms with Gasteiger partial charge in [0.25, 0.3) is 0 Å². The van der Waals surface area contributed by atoms with Crippen molar-refractivity contribution in [2.45, 2.75) is 18.2 Å². The molecule has 1 heterocycles. The van der Waals surface area contributed by atoms with Gasteiger partial charge in [-0.25, -0.2) is 28.3 Å². The number of alkyl halides is 1. The lowest BCUT2D eigenvalue weighted by atomic mass is 10.0. The van der Waals surface area contributed by atoms with Crippen molar-refractivity contribution in [1.82, 2.24) is 9.97 Å². The number of esters is 1. The summed E-state index contributed by atoms with van der Waals surface area (Å²) in [7, 11) is -3.42. The van der Waals surface area contributed by atoms with Crippen molar-refractivity contribution < 1.29 is 22.7 Å². The SMILES string of the molecule is COC(=O)c1ccc(C(N)=O)c(S(N)(=O)=O)c1-c1nc(C)c(CCCl)c(Cl)n1. The summed E-state index contributed by atoms with van der Waals surface area (Å²) in [5.41, 5.74) is 5.28. The van der Waals surface area contributed by atoms with Crippen molar-refractivity contribution in [3.8, 4) is 11.4 Å². The van der Waals surface area contributed by atoms with Gasteiger partial charge in [-0.15, -0.1) is 11.6 Å². The van der Waals surface area contributed by atoms with Gasteiger partial charge < -0.3 is 10.5 Å². The number of carbonyl (C=O) groups is 2. The molecule has 2 aromatic rings. The molecule has 9 nitrogen and oxygen atoms in total. The number of amides is 1. The highest BCUT2D eigenvalue weighted by atomic mass is 35.5. The van der Waals surface area contributed by atoms with Crippen molar-refractivity contribution in [1.29, 1.82) is 0 Å². The second-order valence-electron chi connectivity index (χ2n) is 5.61. The van der Waals surface area contributed by atoms with Gasteiger partial charge in [0.05, 0.1) is 23.8 Å². The number of hydrogen-bond acceptors (Lipinski definition) is 7. The number of nitrogens with zero attached hydrogens (tertiary/aromatic N) is 2. The van der Waals surface area contributed by atoms with Crippen molar-refractivity contribution in [2.75, 3.05) is 13.0 Å². The molecule has 12 heteroatoms. The molecule has 0 spiro atoms. The number of primary amides is 1. The van der Waals surface area contributed by atoms with Gasteiger partial charge in [0, 0.05) is 17.1 Å². The van der Waals surface area contributed by atoms with E-state index in [4.69, 9.17) is 38.8 Å². The number of rotatable bonds is 6. The second kappa shape index (κ2) is 8.39. The predicted molar refractivity (Wildman–Crippen MR) is 103 cm³/mol. The van der Waals surface area contributed by atoms with Crippen LogP contribution in [0, 0.1) is 6.92 Å². The van der Waals surface area contributed by atoms with E-state index in [0.29, 0.717) is 17.7 Å². The number of carbonyl (C=O) groups excluding carboxylic acids is 2. The monoisotopic (exact) mass is 446 g/mol. The standard InChI is InChI=1S/C16H16Cl2N4O5S/c1-7-8(5-6-17)13(18)22-15(21-7)11-9(16(24)27-2)3-4-10(14(19)23)12(11)28(20,25)26/h3-4H,5-6H2,1-2H3,(H2,19,23)(H2,20,25,26). The minimum absolute atomic E-state index is 0.0174. The van der Waals surface area contributed by atoms with E-state index in [1.54, 1.807) is 6.92 Å². The average molecular weight is 447 g/mol. The lowest BCUT2D eigenvalue weighted by Gasteiger charge is -2.16. The Morgan fingerprint density at radius 3 is 2.29 bits per heavy atom. The largest absolute Gasteiger partial charge is 0.465 e. The maximum atomic E-state index is 12.3. The number of methoxy groups -OCH3 is 1. The fraction of sp³-hybridized carbons (Fsp3) is 0.250. The van der Waals surface area contributed by atoms with E-state index in [-0.39, 0.29) is 28.0 Å². The quantitative estimate of drug-likeness (QED) is 0.385. The fourth-order valence-corrected chi connectivity index (χ4v) is 4.09. The van der Waals surface area contributed by atoms with Gasteiger partial charge in [-0.2, -0.15) is 0 Å². The van der Waals surface area contributed by atoms with Crippen molar-refractivity contribution in [3.05, 3.63) is 39.7 Å². The zero-order valence-electron chi connectivity index (χ0n) is 14.8. The lowest BCUT2D eigenvalue weighted by Crippen LogP contribution is -2.23. The van der Waals surface area contributed by atoms with Gasteiger partial charge in [-0.05, 0) is 25.5 Å². The van der Waals surface area contributed by atoms with E-state index in [2.05, 4.69) is 9.97 Å². The summed E-state index contributed by atoms with van der Waals surface area (Å²) in [6.07, 6.45) is 0.375. The number of aryl methyl sites for hydroxylation is 1. The predicted octanol–water partition coefficient (Wildman–Crippen LogP) is 1.42. The Bertz CT molecular complexity index is 1050. The van der Waals surface area contributed by atoms with E-state index < -0.39 is 32.4 Å². The van der Waals surface area contributed by atoms with Crippen LogP contribution in [0.2, 0.25) is 5.15 Å². The third-order valence-corrected chi connectivity index (χ3v) is 5.34. The van der Waals surface area contributed by atoms with Crippen LogP contribution < -0.4 is 10.9 Å². The first-order valence-electron chi connectivity index (χ1n) is 7.70. The number of aromatic nitrogens is 2. The van der Waals surface area contributed by atoms with Gasteiger partial charge in [0.1, 0.15) is 10.0 Å². The van der Waals surface area contributed by atoms with Gasteiger partial charge in [-0.3, -0.25) is 4.79 Å². The fourth-order valence-electron chi connectivity index (χ4n) is 2.63. The molecule has 0 atom stereocenters. The molecule has 1 aromatic heterocycles. The number of primary sulfonamides is 1. The molecule has 4 N–H and O–H groups in total. The van der Waals surface area contributed by atoms with Gasteiger partial charge in [0.2, 0.25) is 15.9 Å². The number of ether oxygens (including phenoxy) is 1. The van der Waals surface area contributed by atoms with Crippen LogP contribution in [-0.4, -0.2) is 43.3 Å². The van der Waals surface area contributed by atoms with Crippen LogP contribution in [0.25, 0.3) is 11.4 Å². The molecule has 0 fully saturated rings. The molecule has 0 bridgehead atoms. The summed E-state index contributed by atoms with van der Waals surface area (Å²) in [6.45, 7) is 1.62. The van der Waals surface area contributed by atoms with Crippen LogP contribution in [0.15, 0.2) is 17.0 Å². The van der Waals surface area contributed by atoms with Crippen LogP contribution in [0.5, 0.6) is 0 Å². The Morgan fingerprint density at radius 2 is 1.82 bits per heavy atom. The first-order valence-corrected chi connectivity index (χ1v) is 10.2. The van der Waals surface area contributed by atoms with Crippen LogP contribution in [0.4, 0.5) is 0 Å². The third-order valence-electron chi connectivity index (χ3n) is 3.84. The molecule has 0 saturated carbocycles. The van der Waals surface area contributed by atoms with Crippen LogP contribution in [0.3, 0.4) is 0 Å². The summed E-state index contributed by atoms with van der Waals surface area (Å²) >= 11 is 11.9. The molecule has 1 amide bonds. The first kappa shape index (κ1) is 22.0. The van der Waals surface area contributed by atoms with E-state index in [1.807, 2.05) is 0 Å². The molecule has 0 saturated heterocycles. The van der Waals surface area contributed by atoms with Crippen LogP contribution in [0.1, 0.15) is 32.0 Å². The topological polar surface area (TPSA) is 155 Å². The van der Waals surface area contributed by atoms with E-state index in [9.17, 15) is 18.0 Å². The normalized spacial score (nSPS) is 11.3. The third kappa shape index (κ3) is 4.25. The van der Waals surface area contributed by atoms with E-state index in [0.717, 1.165) is 13.2 Å². The number of benzene rings is 1. The Labute approximate surface area is 171 Å². The Kier molecular flexibility index (Phi) is 6.60. The number of halogens is 2. The molecule has 0 radical (unpaired) electrons. The number of nitrogens with two attached hydrogens (primary N) is 2. The van der Waals surface area contributed by atoms with Gasteiger partial charge >= 0.3 is 5.97 Å². The molecule has 0 aliphatic rings. The number of hydrogen-bond donors (Lipinski definition) is 2. The molecular weight excluding hydrogens is 431 g/mol. The first-order chi connectivity index (χ1) is 13.0. The zero-order valence-corrected chi connectivity index (χ0v) is 17.2. The molecule has 1 aromatic carbocycles. The molecule has 2 rings (SSSR count). The maximum absolute atomic E-state index is 12.3. The van der Waals surface area contributed by atoms with Gasteiger partial charge in [-0.1, -0.05) is 11.6 Å². The summed E-state index contributed by atoms with van der Waals surface area (Å²) in [5, 5.41) is 5.32. The highest BCUT2D eigenvalue weighted by molar-refractivity contribution is 7.89. The zero-order chi connectivity index (χ0) is 21.2. The molecule has 28 heavy (non-hydrogen) atoms.